The predicted molar refractivity (Wildman–Crippen MR) is 108 cm³/mol. The van der Waals surface area contributed by atoms with Crippen LogP contribution >= 0.6 is 15.9 Å². The van der Waals surface area contributed by atoms with Crippen LogP contribution in [-0.4, -0.2) is 46.5 Å². The minimum atomic E-state index is -0.954. The summed E-state index contributed by atoms with van der Waals surface area (Å²) in [6.45, 7) is 3.67. The molecule has 0 spiro atoms. The molecule has 0 bridgehead atoms. The molecule has 3 aromatic heterocycles. The van der Waals surface area contributed by atoms with Crippen molar-refractivity contribution in [1.82, 2.24) is 29.4 Å². The normalized spacial score (nSPS) is 12.8. The monoisotopic (exact) mass is 443 g/mol. The Morgan fingerprint density at radius 3 is 2.71 bits per heavy atom. The Labute approximate surface area is 168 Å². The molecule has 2 N–H and O–H groups in total. The van der Waals surface area contributed by atoms with E-state index < -0.39 is 12.0 Å². The second kappa shape index (κ2) is 6.86. The zero-order chi connectivity index (χ0) is 20.0. The van der Waals surface area contributed by atoms with Gasteiger partial charge in [0.15, 0.2) is 11.5 Å². The third-order valence-electron chi connectivity index (χ3n) is 4.43. The van der Waals surface area contributed by atoms with E-state index in [-0.39, 0.29) is 5.92 Å². The van der Waals surface area contributed by atoms with Gasteiger partial charge in [-0.25, -0.2) is 14.8 Å². The molecule has 4 rings (SSSR count). The lowest BCUT2D eigenvalue weighted by atomic mass is 10.1. The molecular formula is C18H18BrN7O2. The van der Waals surface area contributed by atoms with E-state index in [0.29, 0.717) is 22.9 Å². The van der Waals surface area contributed by atoms with Crippen molar-refractivity contribution in [3.63, 3.8) is 0 Å². The van der Waals surface area contributed by atoms with Crippen LogP contribution in [0.25, 0.3) is 27.9 Å². The molecule has 144 valence electrons. The van der Waals surface area contributed by atoms with Gasteiger partial charge >= 0.3 is 5.97 Å². The average Bonchev–Trinajstić information content (AvgIpc) is 3.26. The standard InChI is InChI=1S/C18H18BrN7O2/c1-9(2)13(17(27)28)21-18-22-14-11(5-4-6-12(14)19)16-23-15(24-26(16)18)10-7-20-25(3)8-10/h4-9,13H,1-3H3,(H,21,22)(H,27,28). The maximum absolute atomic E-state index is 11.7. The number of halogens is 1. The number of anilines is 1. The number of carboxylic acid groups (broad SMARTS) is 1. The Bertz CT molecular complexity index is 1200. The molecule has 0 aliphatic rings. The SMILES string of the molecule is CC(C)C(Nc1nc2c(Br)cccc2c2nc(-c3cnn(C)c3)nn12)C(=O)O. The van der Waals surface area contributed by atoms with E-state index in [4.69, 9.17) is 0 Å². The van der Waals surface area contributed by atoms with Gasteiger partial charge in [-0.15, -0.1) is 5.10 Å². The number of hydrogen-bond donors (Lipinski definition) is 2. The molecule has 10 heteroatoms. The molecular weight excluding hydrogens is 426 g/mol. The number of carboxylic acids is 1. The third-order valence-corrected chi connectivity index (χ3v) is 5.07. The van der Waals surface area contributed by atoms with E-state index in [1.807, 2.05) is 45.3 Å². The highest BCUT2D eigenvalue weighted by atomic mass is 79.9. The molecule has 1 atom stereocenters. The predicted octanol–water partition coefficient (Wildman–Crippen LogP) is 2.96. The number of aryl methyl sites for hydroxylation is 1. The van der Waals surface area contributed by atoms with Crippen molar-refractivity contribution in [2.45, 2.75) is 19.9 Å². The van der Waals surface area contributed by atoms with Crippen LogP contribution in [0, 0.1) is 5.92 Å². The lowest BCUT2D eigenvalue weighted by Crippen LogP contribution is -2.35. The van der Waals surface area contributed by atoms with Gasteiger partial charge in [-0.05, 0) is 34.0 Å². The van der Waals surface area contributed by atoms with Crippen LogP contribution in [0.1, 0.15) is 13.8 Å². The van der Waals surface area contributed by atoms with E-state index in [0.717, 1.165) is 15.4 Å². The molecule has 0 radical (unpaired) electrons. The Morgan fingerprint density at radius 2 is 2.07 bits per heavy atom. The fourth-order valence-corrected chi connectivity index (χ4v) is 3.46. The van der Waals surface area contributed by atoms with Crippen LogP contribution in [0.5, 0.6) is 0 Å². The summed E-state index contributed by atoms with van der Waals surface area (Å²) in [4.78, 5) is 21.0. The Balaban J connectivity index is 1.97. The van der Waals surface area contributed by atoms with Crippen molar-refractivity contribution < 1.29 is 9.90 Å². The molecule has 4 aromatic rings. The van der Waals surface area contributed by atoms with Gasteiger partial charge in [-0.2, -0.15) is 9.61 Å². The molecule has 28 heavy (non-hydrogen) atoms. The van der Waals surface area contributed by atoms with Gasteiger partial charge in [-0.3, -0.25) is 4.68 Å². The van der Waals surface area contributed by atoms with E-state index in [9.17, 15) is 9.90 Å². The molecule has 0 amide bonds. The highest BCUT2D eigenvalue weighted by molar-refractivity contribution is 9.10. The van der Waals surface area contributed by atoms with Gasteiger partial charge in [0.2, 0.25) is 5.95 Å². The maximum Gasteiger partial charge on any atom is 0.326 e. The minimum Gasteiger partial charge on any atom is -0.480 e. The van der Waals surface area contributed by atoms with Gasteiger partial charge in [0.05, 0.1) is 17.3 Å². The summed E-state index contributed by atoms with van der Waals surface area (Å²) in [6.07, 6.45) is 3.50. The Morgan fingerprint density at radius 1 is 1.29 bits per heavy atom. The number of aromatic nitrogens is 6. The summed E-state index contributed by atoms with van der Waals surface area (Å²) in [6, 6.07) is 4.87. The number of fused-ring (bicyclic) bond motifs is 3. The Kier molecular flexibility index (Phi) is 4.50. The second-order valence-corrected chi connectivity index (χ2v) is 7.70. The summed E-state index contributed by atoms with van der Waals surface area (Å²) in [5.41, 5.74) is 2.02. The summed E-state index contributed by atoms with van der Waals surface area (Å²) >= 11 is 3.52. The molecule has 1 unspecified atom stereocenters. The van der Waals surface area contributed by atoms with Gasteiger partial charge in [0.1, 0.15) is 6.04 Å². The highest BCUT2D eigenvalue weighted by Gasteiger charge is 2.24. The number of carbonyl (C=O) groups is 1. The van der Waals surface area contributed by atoms with Crippen LogP contribution in [0.3, 0.4) is 0 Å². The zero-order valence-electron chi connectivity index (χ0n) is 15.5. The average molecular weight is 444 g/mol. The first kappa shape index (κ1) is 18.4. The van der Waals surface area contributed by atoms with Crippen molar-refractivity contribution in [3.8, 4) is 11.4 Å². The van der Waals surface area contributed by atoms with Crippen LogP contribution < -0.4 is 5.32 Å². The largest absolute Gasteiger partial charge is 0.480 e. The van der Waals surface area contributed by atoms with Crippen LogP contribution in [-0.2, 0) is 11.8 Å². The molecule has 1 aromatic carbocycles. The summed E-state index contributed by atoms with van der Waals surface area (Å²) in [5.74, 6) is -0.296. The smallest absolute Gasteiger partial charge is 0.326 e. The molecule has 3 heterocycles. The van der Waals surface area contributed by atoms with Crippen molar-refractivity contribution in [2.24, 2.45) is 13.0 Å². The number of nitrogens with one attached hydrogen (secondary N) is 1. The lowest BCUT2D eigenvalue weighted by Gasteiger charge is -2.19. The zero-order valence-corrected chi connectivity index (χ0v) is 17.0. The van der Waals surface area contributed by atoms with Crippen LogP contribution in [0.2, 0.25) is 0 Å². The quantitative estimate of drug-likeness (QED) is 0.487. The lowest BCUT2D eigenvalue weighted by molar-refractivity contribution is -0.138. The highest BCUT2D eigenvalue weighted by Crippen LogP contribution is 2.29. The second-order valence-electron chi connectivity index (χ2n) is 6.85. The topological polar surface area (TPSA) is 110 Å². The van der Waals surface area contributed by atoms with Gasteiger partial charge in [-0.1, -0.05) is 19.9 Å². The number of rotatable bonds is 5. The fraction of sp³-hybridized carbons (Fsp3) is 0.278. The van der Waals surface area contributed by atoms with E-state index >= 15 is 0 Å². The maximum atomic E-state index is 11.7. The molecule has 0 aliphatic carbocycles. The fourth-order valence-electron chi connectivity index (χ4n) is 3.00. The van der Waals surface area contributed by atoms with Crippen molar-refractivity contribution in [2.75, 3.05) is 5.32 Å². The van der Waals surface area contributed by atoms with Crippen molar-refractivity contribution in [3.05, 3.63) is 35.1 Å². The van der Waals surface area contributed by atoms with Crippen LogP contribution in [0.4, 0.5) is 5.95 Å². The number of para-hydroxylation sites is 1. The van der Waals surface area contributed by atoms with E-state index in [2.05, 4.69) is 41.4 Å². The number of aliphatic carboxylic acids is 1. The van der Waals surface area contributed by atoms with Gasteiger partial charge in [0.25, 0.3) is 0 Å². The first-order chi connectivity index (χ1) is 13.3. The first-order valence-electron chi connectivity index (χ1n) is 8.68. The third kappa shape index (κ3) is 3.09. The summed E-state index contributed by atoms with van der Waals surface area (Å²) in [7, 11) is 1.82. The molecule has 0 aliphatic heterocycles. The molecule has 0 saturated carbocycles. The van der Waals surface area contributed by atoms with Crippen molar-refractivity contribution in [1.29, 1.82) is 0 Å². The van der Waals surface area contributed by atoms with E-state index in [1.54, 1.807) is 15.4 Å². The summed E-state index contributed by atoms with van der Waals surface area (Å²) in [5, 5.41) is 22.1. The van der Waals surface area contributed by atoms with Gasteiger partial charge in [0, 0.05) is 23.1 Å². The molecule has 9 nitrogen and oxygen atoms in total. The number of nitrogens with zero attached hydrogens (tertiary/aromatic N) is 6. The molecule has 0 saturated heterocycles. The minimum absolute atomic E-state index is 0.148. The van der Waals surface area contributed by atoms with Crippen LogP contribution in [0.15, 0.2) is 35.1 Å². The summed E-state index contributed by atoms with van der Waals surface area (Å²) < 4.78 is 4.01. The van der Waals surface area contributed by atoms with Crippen molar-refractivity contribution >= 4 is 44.4 Å². The van der Waals surface area contributed by atoms with Gasteiger partial charge < -0.3 is 10.4 Å². The number of benzene rings is 1. The molecule has 0 fully saturated rings. The first-order valence-corrected chi connectivity index (χ1v) is 9.48. The Hall–Kier alpha value is -3.01. The number of hydrogen-bond acceptors (Lipinski definition) is 6. The van der Waals surface area contributed by atoms with E-state index in [1.165, 1.54) is 0 Å².